The lowest BCUT2D eigenvalue weighted by Crippen LogP contribution is -2.44. The number of likely N-dealkylation sites (N-methyl/N-ethyl adjacent to an activating group) is 1. The maximum absolute atomic E-state index is 4.23. The Balaban J connectivity index is 1.99. The first kappa shape index (κ1) is 15.2. The number of nitrogens with zero attached hydrogens (tertiary/aromatic N) is 1. The molecular formula is C15H24N2S2. The Morgan fingerprint density at radius 2 is 2.26 bits per heavy atom. The fourth-order valence-corrected chi connectivity index (χ4v) is 5.52. The van der Waals surface area contributed by atoms with Crippen molar-refractivity contribution in [3.8, 4) is 0 Å². The highest BCUT2D eigenvalue weighted by Gasteiger charge is 2.30. The molecule has 0 radical (unpaired) electrons. The van der Waals surface area contributed by atoms with Crippen LogP contribution < -0.4 is 5.32 Å². The summed E-state index contributed by atoms with van der Waals surface area (Å²) in [4.78, 5) is 4.23. The summed E-state index contributed by atoms with van der Waals surface area (Å²) in [5.41, 5.74) is 1.34. The molecule has 0 bridgehead atoms. The highest BCUT2D eigenvalue weighted by molar-refractivity contribution is 8.07. The van der Waals surface area contributed by atoms with E-state index in [1.165, 1.54) is 11.3 Å². The summed E-state index contributed by atoms with van der Waals surface area (Å²) in [5.74, 6) is 1.26. The minimum Gasteiger partial charge on any atom is -0.313 e. The first-order chi connectivity index (χ1) is 9.20. The molecule has 4 unspecified atom stereocenters. The van der Waals surface area contributed by atoms with E-state index in [-0.39, 0.29) is 0 Å². The Kier molecular flexibility index (Phi) is 6.05. The summed E-state index contributed by atoms with van der Waals surface area (Å²) >= 11 is 4.28. The number of hydrogen-bond acceptors (Lipinski definition) is 4. The molecule has 0 amide bonds. The second-order valence-electron chi connectivity index (χ2n) is 5.15. The summed E-state index contributed by atoms with van der Waals surface area (Å²) in [6, 6.07) is 4.78. The van der Waals surface area contributed by atoms with Gasteiger partial charge in [0, 0.05) is 39.9 Å². The molecule has 2 heterocycles. The topological polar surface area (TPSA) is 24.9 Å². The van der Waals surface area contributed by atoms with Crippen LogP contribution in [0.2, 0.25) is 0 Å². The van der Waals surface area contributed by atoms with E-state index in [9.17, 15) is 0 Å². The average Bonchev–Trinajstić information content (AvgIpc) is 2.43. The minimum atomic E-state index is 0.557. The predicted molar refractivity (Wildman–Crippen MR) is 88.2 cm³/mol. The van der Waals surface area contributed by atoms with Crippen LogP contribution in [0.5, 0.6) is 0 Å². The molecular weight excluding hydrogens is 272 g/mol. The summed E-state index contributed by atoms with van der Waals surface area (Å²) in [5, 5.41) is 5.91. The van der Waals surface area contributed by atoms with Crippen molar-refractivity contribution in [2.75, 3.05) is 12.3 Å². The lowest BCUT2D eigenvalue weighted by atomic mass is 10.1. The summed E-state index contributed by atoms with van der Waals surface area (Å²) in [6.45, 7) is 7.95. The van der Waals surface area contributed by atoms with E-state index < -0.39 is 0 Å². The molecule has 1 aromatic heterocycles. The standard InChI is InChI=1S/C15H24N2S2/c1-4-17-14(8-13-6-5-7-16-9-13)15-10-18-11(2)12(3)19-15/h5-7,9,11-12,14-15,17H,4,8,10H2,1-3H3. The molecule has 1 saturated heterocycles. The van der Waals surface area contributed by atoms with Gasteiger partial charge in [0.2, 0.25) is 0 Å². The third-order valence-corrected chi connectivity index (χ3v) is 7.22. The second-order valence-corrected chi connectivity index (χ2v) is 8.18. The van der Waals surface area contributed by atoms with Crippen LogP contribution in [0.3, 0.4) is 0 Å². The smallest absolute Gasteiger partial charge is 0.0300 e. The number of pyridine rings is 1. The van der Waals surface area contributed by atoms with Gasteiger partial charge in [0.25, 0.3) is 0 Å². The highest BCUT2D eigenvalue weighted by Crippen LogP contribution is 2.37. The lowest BCUT2D eigenvalue weighted by molar-refractivity contribution is 0.519. The van der Waals surface area contributed by atoms with Gasteiger partial charge in [0.05, 0.1) is 0 Å². The lowest BCUT2D eigenvalue weighted by Gasteiger charge is -2.36. The highest BCUT2D eigenvalue weighted by atomic mass is 32.2. The van der Waals surface area contributed by atoms with E-state index in [2.05, 4.69) is 60.7 Å². The van der Waals surface area contributed by atoms with Gasteiger partial charge in [-0.3, -0.25) is 4.98 Å². The van der Waals surface area contributed by atoms with E-state index in [4.69, 9.17) is 0 Å². The van der Waals surface area contributed by atoms with Crippen LogP contribution in [-0.2, 0) is 6.42 Å². The van der Waals surface area contributed by atoms with Crippen molar-refractivity contribution >= 4 is 23.5 Å². The molecule has 1 aliphatic rings. The number of rotatable bonds is 5. The first-order valence-electron chi connectivity index (χ1n) is 7.10. The molecule has 19 heavy (non-hydrogen) atoms. The zero-order valence-electron chi connectivity index (χ0n) is 12.0. The quantitative estimate of drug-likeness (QED) is 0.902. The van der Waals surface area contributed by atoms with Crippen molar-refractivity contribution in [1.29, 1.82) is 0 Å². The van der Waals surface area contributed by atoms with Gasteiger partial charge in [0.1, 0.15) is 0 Å². The molecule has 4 heteroatoms. The summed E-state index contributed by atoms with van der Waals surface area (Å²) < 4.78 is 0. The van der Waals surface area contributed by atoms with Gasteiger partial charge < -0.3 is 5.32 Å². The number of thioether (sulfide) groups is 2. The van der Waals surface area contributed by atoms with E-state index in [1.54, 1.807) is 0 Å². The molecule has 0 aromatic carbocycles. The zero-order chi connectivity index (χ0) is 13.7. The zero-order valence-corrected chi connectivity index (χ0v) is 13.6. The van der Waals surface area contributed by atoms with Crippen molar-refractivity contribution in [1.82, 2.24) is 10.3 Å². The molecule has 1 N–H and O–H groups in total. The van der Waals surface area contributed by atoms with Crippen LogP contribution in [0.4, 0.5) is 0 Å². The van der Waals surface area contributed by atoms with Gasteiger partial charge in [0.15, 0.2) is 0 Å². The average molecular weight is 297 g/mol. The Morgan fingerprint density at radius 1 is 1.42 bits per heavy atom. The Morgan fingerprint density at radius 3 is 2.89 bits per heavy atom. The Bertz CT molecular complexity index is 372. The summed E-state index contributed by atoms with van der Waals surface area (Å²) in [6.07, 6.45) is 4.93. The Labute approximate surface area is 125 Å². The maximum atomic E-state index is 4.23. The van der Waals surface area contributed by atoms with E-state index in [0.29, 0.717) is 11.3 Å². The van der Waals surface area contributed by atoms with Crippen LogP contribution in [-0.4, -0.2) is 39.1 Å². The van der Waals surface area contributed by atoms with Crippen molar-refractivity contribution in [3.63, 3.8) is 0 Å². The van der Waals surface area contributed by atoms with Gasteiger partial charge >= 0.3 is 0 Å². The largest absolute Gasteiger partial charge is 0.313 e. The van der Waals surface area contributed by atoms with E-state index in [0.717, 1.165) is 23.5 Å². The number of aromatic nitrogens is 1. The molecule has 0 aliphatic carbocycles. The third-order valence-electron chi connectivity index (χ3n) is 3.67. The van der Waals surface area contributed by atoms with Crippen LogP contribution >= 0.6 is 23.5 Å². The third kappa shape index (κ3) is 4.40. The van der Waals surface area contributed by atoms with Gasteiger partial charge in [-0.1, -0.05) is 26.8 Å². The molecule has 2 rings (SSSR count). The van der Waals surface area contributed by atoms with Crippen LogP contribution in [0, 0.1) is 0 Å². The van der Waals surface area contributed by atoms with Crippen LogP contribution in [0.25, 0.3) is 0 Å². The van der Waals surface area contributed by atoms with Gasteiger partial charge in [-0.25, -0.2) is 0 Å². The first-order valence-corrected chi connectivity index (χ1v) is 9.09. The molecule has 106 valence electrons. The molecule has 0 saturated carbocycles. The second kappa shape index (κ2) is 7.55. The van der Waals surface area contributed by atoms with Crippen molar-refractivity contribution in [3.05, 3.63) is 30.1 Å². The molecule has 0 spiro atoms. The molecule has 1 aromatic rings. The molecule has 2 nitrogen and oxygen atoms in total. The Hall–Kier alpha value is -0.190. The maximum Gasteiger partial charge on any atom is 0.0300 e. The summed E-state index contributed by atoms with van der Waals surface area (Å²) in [7, 11) is 0. The molecule has 4 atom stereocenters. The van der Waals surface area contributed by atoms with E-state index >= 15 is 0 Å². The van der Waals surface area contributed by atoms with Gasteiger partial charge in [-0.15, -0.1) is 0 Å². The predicted octanol–water partition coefficient (Wildman–Crippen LogP) is 3.23. The van der Waals surface area contributed by atoms with Crippen LogP contribution in [0.1, 0.15) is 26.3 Å². The van der Waals surface area contributed by atoms with Gasteiger partial charge in [-0.2, -0.15) is 23.5 Å². The minimum absolute atomic E-state index is 0.557. The van der Waals surface area contributed by atoms with E-state index in [1.807, 2.05) is 18.5 Å². The molecule has 1 fully saturated rings. The number of hydrogen-bond donors (Lipinski definition) is 1. The van der Waals surface area contributed by atoms with Crippen molar-refractivity contribution in [2.45, 2.75) is 49.0 Å². The van der Waals surface area contributed by atoms with Gasteiger partial charge in [-0.05, 0) is 24.6 Å². The van der Waals surface area contributed by atoms with Crippen molar-refractivity contribution < 1.29 is 0 Å². The fourth-order valence-electron chi connectivity index (χ4n) is 2.39. The SMILES string of the molecule is CCNC(Cc1cccnc1)C1CSC(C)C(C)S1. The normalized spacial score (nSPS) is 29.1. The molecule has 1 aliphatic heterocycles. The number of nitrogens with one attached hydrogen (secondary N) is 1. The fraction of sp³-hybridized carbons (Fsp3) is 0.667. The monoisotopic (exact) mass is 296 g/mol. The van der Waals surface area contributed by atoms with Crippen molar-refractivity contribution in [2.24, 2.45) is 0 Å². The van der Waals surface area contributed by atoms with Crippen LogP contribution in [0.15, 0.2) is 24.5 Å².